The Balaban J connectivity index is 1.54. The molecule has 1 aromatic heterocycles. The summed E-state index contributed by atoms with van der Waals surface area (Å²) in [6.45, 7) is 8.88. The topological polar surface area (TPSA) is 46.5 Å². The van der Waals surface area contributed by atoms with Crippen molar-refractivity contribution in [3.8, 4) is 5.69 Å². The van der Waals surface area contributed by atoms with Crippen LogP contribution in [0.2, 0.25) is 0 Å². The van der Waals surface area contributed by atoms with Gasteiger partial charge in [-0.05, 0) is 73.2 Å². The van der Waals surface area contributed by atoms with Crippen LogP contribution in [-0.2, 0) is 4.74 Å². The Morgan fingerprint density at radius 1 is 1.00 bits per heavy atom. The number of hydrogen-bond acceptors (Lipinski definition) is 4. The highest BCUT2D eigenvalue weighted by molar-refractivity contribution is 5.97. The predicted molar refractivity (Wildman–Crippen MR) is 132 cm³/mol. The largest absolute Gasteiger partial charge is 0.387 e. The molecule has 0 unspecified atom stereocenters. The fourth-order valence-electron chi connectivity index (χ4n) is 4.89. The first kappa shape index (κ1) is 20.6. The number of anilines is 1. The number of allylic oxidation sites excluding steroid dienone is 2. The van der Waals surface area contributed by atoms with E-state index in [0.29, 0.717) is 0 Å². The molecule has 0 bridgehead atoms. The molecule has 3 aromatic rings. The van der Waals surface area contributed by atoms with Crippen molar-refractivity contribution in [1.29, 1.82) is 0 Å². The van der Waals surface area contributed by atoms with Crippen molar-refractivity contribution in [2.75, 3.05) is 24.5 Å². The van der Waals surface area contributed by atoms with Crippen LogP contribution in [0.5, 0.6) is 0 Å². The summed E-state index contributed by atoms with van der Waals surface area (Å²) in [5.41, 5.74) is 5.30. The molecule has 2 aliphatic rings. The van der Waals surface area contributed by atoms with E-state index in [1.165, 1.54) is 0 Å². The first-order valence-electron chi connectivity index (χ1n) is 11.3. The van der Waals surface area contributed by atoms with Crippen LogP contribution < -0.4 is 15.8 Å². The van der Waals surface area contributed by atoms with Gasteiger partial charge in [0.25, 0.3) is 5.56 Å². The number of nitrogens with zero attached hydrogens (tertiary/aromatic N) is 2. The smallest absolute Gasteiger partial charge is 0.262 e. The molecule has 2 aliphatic heterocycles. The van der Waals surface area contributed by atoms with Crippen molar-refractivity contribution in [1.82, 2.24) is 9.88 Å². The molecule has 0 radical (unpaired) electrons. The van der Waals surface area contributed by atoms with E-state index in [4.69, 9.17) is 4.74 Å². The molecule has 1 saturated heterocycles. The third-order valence-electron chi connectivity index (χ3n) is 6.25. The number of hydrogen-bond donors (Lipinski definition) is 1. The quantitative estimate of drug-likeness (QED) is 0.673. The highest BCUT2D eigenvalue weighted by atomic mass is 16.5. The van der Waals surface area contributed by atoms with Crippen molar-refractivity contribution in [3.05, 3.63) is 88.5 Å². The second kappa shape index (κ2) is 8.32. The van der Waals surface area contributed by atoms with Gasteiger partial charge in [0.1, 0.15) is 0 Å². The minimum atomic E-state index is 0.00200. The molecule has 5 nitrogen and oxygen atoms in total. The molecule has 0 saturated carbocycles. The van der Waals surface area contributed by atoms with Crippen molar-refractivity contribution >= 4 is 22.0 Å². The molecule has 2 aromatic carbocycles. The molecule has 32 heavy (non-hydrogen) atoms. The Kier molecular flexibility index (Phi) is 5.35. The number of ether oxygens (including phenoxy) is 1. The summed E-state index contributed by atoms with van der Waals surface area (Å²) in [5.74, 6) is 0. The van der Waals surface area contributed by atoms with Crippen molar-refractivity contribution in [2.24, 2.45) is 0 Å². The maximum atomic E-state index is 13.5. The first-order valence-corrected chi connectivity index (χ1v) is 11.3. The highest BCUT2D eigenvalue weighted by Crippen LogP contribution is 2.28. The normalized spacial score (nSPS) is 20.8. The zero-order chi connectivity index (χ0) is 22.2. The van der Waals surface area contributed by atoms with E-state index < -0.39 is 0 Å². The van der Waals surface area contributed by atoms with Crippen LogP contribution in [0.15, 0.2) is 71.8 Å². The minimum absolute atomic E-state index is 0.00200. The van der Waals surface area contributed by atoms with Gasteiger partial charge in [0.15, 0.2) is 0 Å². The molecule has 2 atom stereocenters. The molecule has 5 rings (SSSR count). The number of fused-ring (bicyclic) bond motifs is 1. The van der Waals surface area contributed by atoms with Gasteiger partial charge in [-0.3, -0.25) is 9.36 Å². The molecule has 1 fully saturated rings. The fraction of sp³-hybridized carbons (Fsp3) is 0.296. The summed E-state index contributed by atoms with van der Waals surface area (Å²) in [4.78, 5) is 15.8. The molecule has 5 heteroatoms. The van der Waals surface area contributed by atoms with Crippen LogP contribution in [0, 0.1) is 6.92 Å². The van der Waals surface area contributed by atoms with E-state index >= 15 is 0 Å². The number of aromatic nitrogens is 1. The number of rotatable bonds is 3. The van der Waals surface area contributed by atoms with Crippen LogP contribution in [0.1, 0.15) is 25.0 Å². The van der Waals surface area contributed by atoms with Gasteiger partial charge in [-0.15, -0.1) is 0 Å². The number of aryl methyl sites for hydroxylation is 1. The van der Waals surface area contributed by atoms with Crippen LogP contribution in [-0.4, -0.2) is 36.4 Å². The molecule has 1 N–H and O–H groups in total. The summed E-state index contributed by atoms with van der Waals surface area (Å²) in [6, 6.07) is 14.3. The van der Waals surface area contributed by atoms with Gasteiger partial charge in [-0.2, -0.15) is 0 Å². The number of morpholine rings is 1. The van der Waals surface area contributed by atoms with E-state index in [-0.39, 0.29) is 17.8 Å². The zero-order valence-electron chi connectivity index (χ0n) is 18.8. The summed E-state index contributed by atoms with van der Waals surface area (Å²) in [5, 5.41) is 5.02. The SMILES string of the molecule is Cc1cn(-c2ccc(N3C[C@@H](C)O[C@@H](C)C3)cc2)c(=O)c2cccc(C3=CNCC=C3)c12. The molecule has 0 amide bonds. The van der Waals surface area contributed by atoms with Gasteiger partial charge < -0.3 is 15.0 Å². The van der Waals surface area contributed by atoms with Gasteiger partial charge >= 0.3 is 0 Å². The van der Waals surface area contributed by atoms with Crippen LogP contribution in [0.4, 0.5) is 5.69 Å². The minimum Gasteiger partial charge on any atom is -0.387 e. The molecule has 0 aliphatic carbocycles. The van der Waals surface area contributed by atoms with Gasteiger partial charge in [0, 0.05) is 48.8 Å². The highest BCUT2D eigenvalue weighted by Gasteiger charge is 2.22. The maximum absolute atomic E-state index is 13.5. The average molecular weight is 428 g/mol. The summed E-state index contributed by atoms with van der Waals surface area (Å²) < 4.78 is 7.62. The van der Waals surface area contributed by atoms with Gasteiger partial charge in [-0.25, -0.2) is 0 Å². The molecular formula is C27H29N3O2. The molecule has 0 spiro atoms. The van der Waals surface area contributed by atoms with E-state index in [9.17, 15) is 4.79 Å². The Morgan fingerprint density at radius 2 is 1.72 bits per heavy atom. The Hall–Kier alpha value is -3.31. The van der Waals surface area contributed by atoms with E-state index in [1.54, 1.807) is 4.57 Å². The number of dihydropyridines is 1. The van der Waals surface area contributed by atoms with Crippen LogP contribution >= 0.6 is 0 Å². The number of benzene rings is 2. The van der Waals surface area contributed by atoms with E-state index in [0.717, 1.165) is 58.5 Å². The fourth-order valence-corrected chi connectivity index (χ4v) is 4.89. The van der Waals surface area contributed by atoms with Crippen molar-refractivity contribution < 1.29 is 4.74 Å². The van der Waals surface area contributed by atoms with Crippen LogP contribution in [0.25, 0.3) is 22.0 Å². The third-order valence-corrected chi connectivity index (χ3v) is 6.25. The Morgan fingerprint density at radius 3 is 2.41 bits per heavy atom. The van der Waals surface area contributed by atoms with Crippen LogP contribution in [0.3, 0.4) is 0 Å². The zero-order valence-corrected chi connectivity index (χ0v) is 18.8. The molecule has 164 valence electrons. The lowest BCUT2D eigenvalue weighted by Crippen LogP contribution is -2.45. The lowest BCUT2D eigenvalue weighted by atomic mass is 9.96. The van der Waals surface area contributed by atoms with Gasteiger partial charge in [0.05, 0.1) is 12.2 Å². The summed E-state index contributed by atoms with van der Waals surface area (Å²) >= 11 is 0. The molecule has 3 heterocycles. The predicted octanol–water partition coefficient (Wildman–Crippen LogP) is 4.41. The third kappa shape index (κ3) is 3.73. The Bertz CT molecular complexity index is 1260. The standard InChI is InChI=1S/C27H29N3O2/c1-18-15-30(23-11-9-22(10-12-23)29-16-19(2)32-20(3)17-29)27(31)25-8-4-7-24(26(18)25)21-6-5-13-28-14-21/h4-12,14-15,19-20,28H,13,16-17H2,1-3H3/t19-,20+. The summed E-state index contributed by atoms with van der Waals surface area (Å²) in [7, 11) is 0. The average Bonchev–Trinajstić information content (AvgIpc) is 2.81. The van der Waals surface area contributed by atoms with Gasteiger partial charge in [-0.1, -0.05) is 24.3 Å². The summed E-state index contributed by atoms with van der Waals surface area (Å²) in [6.07, 6.45) is 8.62. The van der Waals surface area contributed by atoms with E-state index in [2.05, 4.69) is 61.3 Å². The number of nitrogens with one attached hydrogen (secondary N) is 1. The Labute approximate surface area is 188 Å². The number of pyridine rings is 1. The van der Waals surface area contributed by atoms with Crippen molar-refractivity contribution in [2.45, 2.75) is 33.0 Å². The monoisotopic (exact) mass is 427 g/mol. The second-order valence-corrected chi connectivity index (χ2v) is 8.80. The van der Waals surface area contributed by atoms with Gasteiger partial charge in [0.2, 0.25) is 0 Å². The lowest BCUT2D eigenvalue weighted by Gasteiger charge is -2.36. The lowest BCUT2D eigenvalue weighted by molar-refractivity contribution is -0.00521. The second-order valence-electron chi connectivity index (χ2n) is 8.80. The maximum Gasteiger partial charge on any atom is 0.262 e. The first-order chi connectivity index (χ1) is 15.5. The van der Waals surface area contributed by atoms with E-state index in [1.807, 2.05) is 36.7 Å². The molecular weight excluding hydrogens is 398 g/mol. The van der Waals surface area contributed by atoms with Crippen molar-refractivity contribution in [3.63, 3.8) is 0 Å².